The molecular formula is C19H31IN4O2. The molecule has 1 fully saturated rings. The molecule has 0 amide bonds. The first-order valence-corrected chi connectivity index (χ1v) is 9.42. The van der Waals surface area contributed by atoms with Gasteiger partial charge in [0, 0.05) is 39.1 Å². The fraction of sp³-hybridized carbons (Fsp3) is 0.632. The predicted octanol–water partition coefficient (Wildman–Crippen LogP) is 1.67. The van der Waals surface area contributed by atoms with Gasteiger partial charge in [-0.2, -0.15) is 0 Å². The number of morpholine rings is 1. The van der Waals surface area contributed by atoms with Gasteiger partial charge in [0.1, 0.15) is 5.75 Å². The standard InChI is InChI=1S/C19H30N4O2.HI/c1-2-20-19(22-8-9-23-10-13-24-14-11-23)21-7-5-16-3-4-18-17(15-16)6-12-25-18;/h3-4,15H,2,5-14H2,1H3,(H2,20,21,22);1H. The predicted molar refractivity (Wildman–Crippen MR) is 116 cm³/mol. The molecule has 0 atom stereocenters. The Morgan fingerprint density at radius 1 is 1.19 bits per heavy atom. The van der Waals surface area contributed by atoms with Crippen molar-refractivity contribution in [3.8, 4) is 5.75 Å². The lowest BCUT2D eigenvalue weighted by Crippen LogP contribution is -2.40. The first-order valence-electron chi connectivity index (χ1n) is 9.42. The van der Waals surface area contributed by atoms with Crippen molar-refractivity contribution < 1.29 is 9.47 Å². The molecule has 2 aliphatic rings. The first kappa shape index (κ1) is 21.2. The summed E-state index contributed by atoms with van der Waals surface area (Å²) in [6, 6.07) is 6.53. The lowest BCUT2D eigenvalue weighted by atomic mass is 10.1. The van der Waals surface area contributed by atoms with Gasteiger partial charge in [0.25, 0.3) is 0 Å². The van der Waals surface area contributed by atoms with Crippen LogP contribution in [0.1, 0.15) is 18.1 Å². The number of guanidine groups is 1. The Bertz CT molecular complexity index is 577. The van der Waals surface area contributed by atoms with Gasteiger partial charge in [-0.15, -0.1) is 24.0 Å². The number of hydrogen-bond acceptors (Lipinski definition) is 4. The largest absolute Gasteiger partial charge is 0.493 e. The van der Waals surface area contributed by atoms with E-state index in [1.165, 1.54) is 11.1 Å². The maximum absolute atomic E-state index is 5.57. The van der Waals surface area contributed by atoms with Crippen LogP contribution in [0.2, 0.25) is 0 Å². The zero-order valence-electron chi connectivity index (χ0n) is 15.6. The van der Waals surface area contributed by atoms with Crippen LogP contribution in [0.15, 0.2) is 23.2 Å². The number of halogens is 1. The van der Waals surface area contributed by atoms with E-state index in [9.17, 15) is 0 Å². The number of aliphatic imine (C=N–C) groups is 1. The Kier molecular flexibility index (Phi) is 9.49. The summed E-state index contributed by atoms with van der Waals surface area (Å²) in [5.41, 5.74) is 2.68. The zero-order valence-corrected chi connectivity index (χ0v) is 18.0. The number of rotatable bonds is 7. The minimum Gasteiger partial charge on any atom is -0.493 e. The van der Waals surface area contributed by atoms with Gasteiger partial charge in [0.2, 0.25) is 0 Å². The van der Waals surface area contributed by atoms with Crippen LogP contribution in [-0.2, 0) is 17.6 Å². The first-order chi connectivity index (χ1) is 12.3. The van der Waals surface area contributed by atoms with E-state index in [4.69, 9.17) is 9.47 Å². The summed E-state index contributed by atoms with van der Waals surface area (Å²) in [5.74, 6) is 1.95. The molecule has 0 radical (unpaired) electrons. The molecule has 1 saturated heterocycles. The SMILES string of the molecule is CCNC(=NCCN1CCOCC1)NCCc1ccc2c(c1)CCO2.I. The van der Waals surface area contributed by atoms with E-state index in [1.807, 2.05) is 0 Å². The molecule has 1 aromatic rings. The van der Waals surface area contributed by atoms with E-state index < -0.39 is 0 Å². The fourth-order valence-electron chi connectivity index (χ4n) is 3.19. The average molecular weight is 474 g/mol. The van der Waals surface area contributed by atoms with Crippen molar-refractivity contribution in [2.45, 2.75) is 19.8 Å². The highest BCUT2D eigenvalue weighted by Gasteiger charge is 2.12. The Balaban J connectivity index is 0.00000243. The van der Waals surface area contributed by atoms with Crippen molar-refractivity contribution in [3.63, 3.8) is 0 Å². The number of fused-ring (bicyclic) bond motifs is 1. The molecule has 146 valence electrons. The van der Waals surface area contributed by atoms with E-state index in [0.717, 1.165) is 83.6 Å². The third-order valence-electron chi connectivity index (χ3n) is 4.59. The third-order valence-corrected chi connectivity index (χ3v) is 4.59. The number of hydrogen-bond donors (Lipinski definition) is 2. The summed E-state index contributed by atoms with van der Waals surface area (Å²) >= 11 is 0. The molecular weight excluding hydrogens is 443 g/mol. The van der Waals surface area contributed by atoms with E-state index in [2.05, 4.69) is 45.6 Å². The Morgan fingerprint density at radius 2 is 2.04 bits per heavy atom. The highest BCUT2D eigenvalue weighted by atomic mass is 127. The van der Waals surface area contributed by atoms with Crippen molar-refractivity contribution in [1.29, 1.82) is 0 Å². The molecule has 0 bridgehead atoms. The van der Waals surface area contributed by atoms with Gasteiger partial charge in [-0.3, -0.25) is 9.89 Å². The smallest absolute Gasteiger partial charge is 0.191 e. The molecule has 26 heavy (non-hydrogen) atoms. The molecule has 0 aromatic heterocycles. The molecule has 2 heterocycles. The van der Waals surface area contributed by atoms with Crippen LogP contribution in [0.25, 0.3) is 0 Å². The molecule has 0 saturated carbocycles. The van der Waals surface area contributed by atoms with Gasteiger partial charge in [-0.05, 0) is 30.5 Å². The monoisotopic (exact) mass is 474 g/mol. The van der Waals surface area contributed by atoms with Crippen molar-refractivity contribution in [2.75, 3.05) is 59.1 Å². The van der Waals surface area contributed by atoms with Crippen LogP contribution in [0.4, 0.5) is 0 Å². The Morgan fingerprint density at radius 3 is 2.85 bits per heavy atom. The molecule has 0 aliphatic carbocycles. The van der Waals surface area contributed by atoms with Gasteiger partial charge in [-0.25, -0.2) is 0 Å². The van der Waals surface area contributed by atoms with E-state index in [0.29, 0.717) is 0 Å². The number of benzene rings is 1. The summed E-state index contributed by atoms with van der Waals surface area (Å²) in [7, 11) is 0. The number of nitrogens with zero attached hydrogens (tertiary/aromatic N) is 2. The average Bonchev–Trinajstić information content (AvgIpc) is 3.10. The van der Waals surface area contributed by atoms with Crippen LogP contribution in [0, 0.1) is 0 Å². The Labute approximate surface area is 173 Å². The highest BCUT2D eigenvalue weighted by Crippen LogP contribution is 2.25. The number of ether oxygens (including phenoxy) is 2. The molecule has 7 heteroatoms. The Hall–Kier alpha value is -1.06. The van der Waals surface area contributed by atoms with Crippen molar-refractivity contribution in [2.24, 2.45) is 4.99 Å². The van der Waals surface area contributed by atoms with Crippen molar-refractivity contribution in [3.05, 3.63) is 29.3 Å². The van der Waals surface area contributed by atoms with Gasteiger partial charge in [0.15, 0.2) is 5.96 Å². The second-order valence-electron chi connectivity index (χ2n) is 6.43. The minimum atomic E-state index is 0. The quantitative estimate of drug-likeness (QED) is 0.358. The third kappa shape index (κ3) is 6.59. The summed E-state index contributed by atoms with van der Waals surface area (Å²) in [5, 5.41) is 6.76. The van der Waals surface area contributed by atoms with Crippen LogP contribution in [0.3, 0.4) is 0 Å². The van der Waals surface area contributed by atoms with E-state index in [1.54, 1.807) is 0 Å². The highest BCUT2D eigenvalue weighted by molar-refractivity contribution is 14.0. The molecule has 2 aliphatic heterocycles. The van der Waals surface area contributed by atoms with Gasteiger partial charge >= 0.3 is 0 Å². The summed E-state index contributed by atoms with van der Waals surface area (Å²) in [4.78, 5) is 7.09. The fourth-order valence-corrected chi connectivity index (χ4v) is 3.19. The summed E-state index contributed by atoms with van der Waals surface area (Å²) in [6.45, 7) is 10.2. The molecule has 1 aromatic carbocycles. The van der Waals surface area contributed by atoms with Crippen LogP contribution >= 0.6 is 24.0 Å². The minimum absolute atomic E-state index is 0. The maximum Gasteiger partial charge on any atom is 0.191 e. The van der Waals surface area contributed by atoms with Crippen LogP contribution < -0.4 is 15.4 Å². The lowest BCUT2D eigenvalue weighted by molar-refractivity contribution is 0.0394. The van der Waals surface area contributed by atoms with Crippen LogP contribution in [0.5, 0.6) is 5.75 Å². The summed E-state index contributed by atoms with van der Waals surface area (Å²) < 4.78 is 10.9. The number of nitrogens with one attached hydrogen (secondary N) is 2. The van der Waals surface area contributed by atoms with Gasteiger partial charge in [0.05, 0.1) is 26.4 Å². The van der Waals surface area contributed by atoms with E-state index >= 15 is 0 Å². The van der Waals surface area contributed by atoms with E-state index in [-0.39, 0.29) is 24.0 Å². The topological polar surface area (TPSA) is 58.1 Å². The molecule has 2 N–H and O–H groups in total. The normalized spacial score (nSPS) is 17.2. The second-order valence-corrected chi connectivity index (χ2v) is 6.43. The second kappa shape index (κ2) is 11.6. The zero-order chi connectivity index (χ0) is 17.3. The van der Waals surface area contributed by atoms with Crippen molar-refractivity contribution >= 4 is 29.9 Å². The molecule has 6 nitrogen and oxygen atoms in total. The lowest BCUT2D eigenvalue weighted by Gasteiger charge is -2.25. The van der Waals surface area contributed by atoms with Gasteiger partial charge < -0.3 is 20.1 Å². The maximum atomic E-state index is 5.57. The summed E-state index contributed by atoms with van der Waals surface area (Å²) in [6.07, 6.45) is 2.02. The molecule has 3 rings (SSSR count). The van der Waals surface area contributed by atoms with Crippen LogP contribution in [-0.4, -0.2) is 69.9 Å². The molecule has 0 unspecified atom stereocenters. The van der Waals surface area contributed by atoms with Crippen molar-refractivity contribution in [1.82, 2.24) is 15.5 Å². The molecule has 0 spiro atoms. The van der Waals surface area contributed by atoms with Gasteiger partial charge in [-0.1, -0.05) is 12.1 Å².